The second kappa shape index (κ2) is 5.99. The number of ether oxygens (including phenoxy) is 1. The van der Waals surface area contributed by atoms with Gasteiger partial charge in [0.2, 0.25) is 5.91 Å². The van der Waals surface area contributed by atoms with Gasteiger partial charge in [-0.25, -0.2) is 4.79 Å². The highest BCUT2D eigenvalue weighted by Gasteiger charge is 2.54. The lowest BCUT2D eigenvalue weighted by Gasteiger charge is -2.39. The number of fused-ring (bicyclic) bond motifs is 3. The molecular formula is C19H25NO3. The molecule has 0 spiro atoms. The number of anilines is 1. The van der Waals surface area contributed by atoms with Crippen molar-refractivity contribution in [2.75, 3.05) is 4.90 Å². The second-order valence-electron chi connectivity index (χ2n) is 7.01. The van der Waals surface area contributed by atoms with Crippen LogP contribution < -0.4 is 4.90 Å². The van der Waals surface area contributed by atoms with E-state index in [4.69, 9.17) is 4.74 Å². The fourth-order valence-electron chi connectivity index (χ4n) is 3.82. The summed E-state index contributed by atoms with van der Waals surface area (Å²) in [4.78, 5) is 27.0. The van der Waals surface area contributed by atoms with Crippen molar-refractivity contribution in [2.24, 2.45) is 5.92 Å². The van der Waals surface area contributed by atoms with Gasteiger partial charge in [0.15, 0.2) is 5.72 Å². The summed E-state index contributed by atoms with van der Waals surface area (Å²) in [6.07, 6.45) is 6.09. The Morgan fingerprint density at radius 2 is 2.04 bits per heavy atom. The molecule has 2 aliphatic heterocycles. The van der Waals surface area contributed by atoms with E-state index in [1.165, 1.54) is 12.8 Å². The Kier molecular flexibility index (Phi) is 4.17. The Morgan fingerprint density at radius 3 is 2.78 bits per heavy atom. The third kappa shape index (κ3) is 2.75. The average Bonchev–Trinajstić information content (AvgIpc) is 2.75. The Hall–Kier alpha value is -1.84. The summed E-state index contributed by atoms with van der Waals surface area (Å²) in [6.45, 7) is 5.97. The minimum absolute atomic E-state index is 0.0445. The number of carbonyl (C=O) groups is 2. The summed E-state index contributed by atoms with van der Waals surface area (Å²) in [5.74, 6) is -0.264. The van der Waals surface area contributed by atoms with Crippen LogP contribution in [-0.2, 0) is 9.53 Å². The maximum atomic E-state index is 12.9. The fraction of sp³-hybridized carbons (Fsp3) is 0.579. The van der Waals surface area contributed by atoms with Gasteiger partial charge in [0, 0.05) is 12.3 Å². The molecule has 1 aromatic carbocycles. The van der Waals surface area contributed by atoms with Crippen LogP contribution in [0, 0.1) is 12.8 Å². The van der Waals surface area contributed by atoms with Crippen molar-refractivity contribution in [2.45, 2.75) is 65.0 Å². The highest BCUT2D eigenvalue weighted by molar-refractivity contribution is 6.08. The van der Waals surface area contributed by atoms with Crippen LogP contribution in [0.2, 0.25) is 0 Å². The lowest BCUT2D eigenvalue weighted by atomic mass is 9.96. The second-order valence-corrected chi connectivity index (χ2v) is 7.01. The van der Waals surface area contributed by atoms with Crippen LogP contribution in [0.5, 0.6) is 0 Å². The van der Waals surface area contributed by atoms with Crippen molar-refractivity contribution in [3.63, 3.8) is 0 Å². The van der Waals surface area contributed by atoms with E-state index in [2.05, 4.69) is 6.92 Å². The number of hydrogen-bond donors (Lipinski definition) is 0. The average molecular weight is 315 g/mol. The van der Waals surface area contributed by atoms with Crippen LogP contribution in [0.3, 0.4) is 0 Å². The van der Waals surface area contributed by atoms with Gasteiger partial charge in [-0.2, -0.15) is 0 Å². The van der Waals surface area contributed by atoms with Crippen molar-refractivity contribution in [1.82, 2.24) is 0 Å². The SMILES string of the molecule is CCCCCCC1CC2(C)OC(=O)c3cc(C)ccc3N2C1=O. The quantitative estimate of drug-likeness (QED) is 0.604. The van der Waals surface area contributed by atoms with Gasteiger partial charge in [-0.3, -0.25) is 9.69 Å². The largest absolute Gasteiger partial charge is 0.435 e. The zero-order valence-corrected chi connectivity index (χ0v) is 14.2. The highest BCUT2D eigenvalue weighted by Crippen LogP contribution is 2.45. The molecule has 23 heavy (non-hydrogen) atoms. The molecule has 1 aromatic rings. The van der Waals surface area contributed by atoms with Crippen molar-refractivity contribution < 1.29 is 14.3 Å². The third-order valence-electron chi connectivity index (χ3n) is 5.00. The van der Waals surface area contributed by atoms with E-state index in [1.807, 2.05) is 26.0 Å². The van der Waals surface area contributed by atoms with E-state index in [1.54, 1.807) is 11.0 Å². The molecule has 2 heterocycles. The van der Waals surface area contributed by atoms with Gasteiger partial charge >= 0.3 is 5.97 Å². The van der Waals surface area contributed by atoms with Crippen molar-refractivity contribution in [3.05, 3.63) is 29.3 Å². The van der Waals surface area contributed by atoms with Gasteiger partial charge in [-0.05, 0) is 32.4 Å². The lowest BCUT2D eigenvalue weighted by Crippen LogP contribution is -2.50. The Balaban J connectivity index is 1.85. The van der Waals surface area contributed by atoms with Crippen LogP contribution in [0.1, 0.15) is 68.3 Å². The van der Waals surface area contributed by atoms with Gasteiger partial charge in [0.1, 0.15) is 0 Å². The molecule has 4 heteroatoms. The van der Waals surface area contributed by atoms with E-state index < -0.39 is 5.72 Å². The molecule has 0 aliphatic carbocycles. The van der Waals surface area contributed by atoms with Crippen molar-refractivity contribution in [3.8, 4) is 0 Å². The van der Waals surface area contributed by atoms with Crippen LogP contribution in [-0.4, -0.2) is 17.6 Å². The molecule has 124 valence electrons. The number of nitrogens with zero attached hydrogens (tertiary/aromatic N) is 1. The van der Waals surface area contributed by atoms with E-state index in [9.17, 15) is 9.59 Å². The number of hydrogen-bond acceptors (Lipinski definition) is 3. The first-order valence-corrected chi connectivity index (χ1v) is 8.64. The molecule has 0 bridgehead atoms. The summed E-state index contributed by atoms with van der Waals surface area (Å²) in [6, 6.07) is 5.62. The topological polar surface area (TPSA) is 46.6 Å². The first-order valence-electron chi connectivity index (χ1n) is 8.64. The van der Waals surface area contributed by atoms with Gasteiger partial charge in [-0.1, -0.05) is 44.2 Å². The fourth-order valence-corrected chi connectivity index (χ4v) is 3.82. The molecule has 2 aliphatic rings. The normalized spacial score (nSPS) is 26.0. The van der Waals surface area contributed by atoms with Gasteiger partial charge < -0.3 is 4.74 Å². The predicted octanol–water partition coefficient (Wildman–Crippen LogP) is 4.20. The minimum atomic E-state index is -0.828. The number of aryl methyl sites for hydroxylation is 1. The third-order valence-corrected chi connectivity index (χ3v) is 5.00. The molecule has 4 nitrogen and oxygen atoms in total. The smallest absolute Gasteiger partial charge is 0.342 e. The number of benzene rings is 1. The molecule has 0 N–H and O–H groups in total. The summed E-state index contributed by atoms with van der Waals surface area (Å²) in [5, 5.41) is 0. The van der Waals surface area contributed by atoms with Crippen LogP contribution in [0.4, 0.5) is 5.69 Å². The maximum absolute atomic E-state index is 12.9. The Morgan fingerprint density at radius 1 is 1.26 bits per heavy atom. The zero-order chi connectivity index (χ0) is 16.6. The Labute approximate surface area is 137 Å². The molecule has 0 radical (unpaired) electrons. The van der Waals surface area contributed by atoms with E-state index in [-0.39, 0.29) is 17.8 Å². The molecule has 0 saturated carbocycles. The summed E-state index contributed by atoms with van der Waals surface area (Å²) >= 11 is 0. The summed E-state index contributed by atoms with van der Waals surface area (Å²) < 4.78 is 5.67. The lowest BCUT2D eigenvalue weighted by molar-refractivity contribution is -0.121. The standard InChI is InChI=1S/C19H25NO3/c1-4-5-6-7-8-14-12-19(3)20(17(14)21)16-10-9-13(2)11-15(16)18(22)23-19/h9-11,14H,4-8,12H2,1-3H3. The van der Waals surface area contributed by atoms with Gasteiger partial charge in [-0.15, -0.1) is 0 Å². The van der Waals surface area contributed by atoms with E-state index >= 15 is 0 Å². The number of carbonyl (C=O) groups excluding carboxylic acids is 2. The van der Waals surface area contributed by atoms with Crippen LogP contribution in [0.25, 0.3) is 0 Å². The summed E-state index contributed by atoms with van der Waals surface area (Å²) in [7, 11) is 0. The molecule has 3 rings (SSSR count). The van der Waals surface area contributed by atoms with Crippen molar-refractivity contribution in [1.29, 1.82) is 0 Å². The first-order chi connectivity index (χ1) is 11.0. The number of esters is 1. The first kappa shape index (κ1) is 16.0. The number of unbranched alkanes of at least 4 members (excludes halogenated alkanes) is 3. The van der Waals surface area contributed by atoms with Gasteiger partial charge in [0.05, 0.1) is 11.3 Å². The van der Waals surface area contributed by atoms with Gasteiger partial charge in [0.25, 0.3) is 0 Å². The number of rotatable bonds is 5. The van der Waals surface area contributed by atoms with E-state index in [0.717, 1.165) is 24.8 Å². The molecule has 2 unspecified atom stereocenters. The maximum Gasteiger partial charge on any atom is 0.342 e. The predicted molar refractivity (Wildman–Crippen MR) is 89.4 cm³/mol. The van der Waals surface area contributed by atoms with Crippen LogP contribution >= 0.6 is 0 Å². The Bertz CT molecular complexity index is 640. The van der Waals surface area contributed by atoms with Crippen LogP contribution in [0.15, 0.2) is 18.2 Å². The van der Waals surface area contributed by atoms with E-state index in [0.29, 0.717) is 17.7 Å². The highest BCUT2D eigenvalue weighted by atomic mass is 16.6. The molecule has 1 amide bonds. The van der Waals surface area contributed by atoms with Crippen molar-refractivity contribution >= 4 is 17.6 Å². The molecular weight excluding hydrogens is 290 g/mol. The molecule has 1 fully saturated rings. The monoisotopic (exact) mass is 315 g/mol. The molecule has 2 atom stereocenters. The molecule has 1 saturated heterocycles. The minimum Gasteiger partial charge on any atom is -0.435 e. The summed E-state index contributed by atoms with van der Waals surface area (Å²) in [5.41, 5.74) is 1.37. The molecule has 0 aromatic heterocycles. The number of amides is 1. The zero-order valence-electron chi connectivity index (χ0n) is 14.2.